The van der Waals surface area contributed by atoms with Gasteiger partial charge in [-0.2, -0.15) is 9.65 Å². The van der Waals surface area contributed by atoms with Gasteiger partial charge in [-0.15, -0.1) is 0 Å². The van der Waals surface area contributed by atoms with Gasteiger partial charge in [0.05, 0.1) is 29.4 Å². The predicted molar refractivity (Wildman–Crippen MR) is 122 cm³/mol. The molecule has 3 heterocycles. The summed E-state index contributed by atoms with van der Waals surface area (Å²) in [5.74, 6) is -0.0869. The van der Waals surface area contributed by atoms with Gasteiger partial charge in [0, 0.05) is 56.5 Å². The fourth-order valence-electron chi connectivity index (χ4n) is 4.44. The second-order valence-electron chi connectivity index (χ2n) is 8.28. The number of nitrogens with one attached hydrogen (secondary N) is 2. The number of hydrogen-bond acceptors (Lipinski definition) is 7. The Bertz CT molecular complexity index is 1050. The van der Waals surface area contributed by atoms with Crippen LogP contribution in [-0.4, -0.2) is 66.5 Å². The summed E-state index contributed by atoms with van der Waals surface area (Å²) in [6.07, 6.45) is 3.70. The molecule has 1 aromatic heterocycles. The molecule has 2 fully saturated rings. The molecule has 0 bridgehead atoms. The van der Waals surface area contributed by atoms with Crippen molar-refractivity contribution in [2.75, 3.05) is 43.0 Å². The van der Waals surface area contributed by atoms with E-state index in [1.54, 1.807) is 13.1 Å². The molecule has 166 valence electrons. The molecule has 2 aromatic rings. The van der Waals surface area contributed by atoms with Crippen molar-refractivity contribution in [1.82, 2.24) is 9.88 Å². The van der Waals surface area contributed by atoms with Crippen molar-refractivity contribution in [3.63, 3.8) is 0 Å². The average molecular weight is 436 g/mol. The number of rotatable bonds is 5. The zero-order valence-corrected chi connectivity index (χ0v) is 17.9. The lowest BCUT2D eigenvalue weighted by atomic mass is 9.91. The lowest BCUT2D eigenvalue weighted by molar-refractivity contribution is 0.142. The number of aromatic nitrogens is 1. The summed E-state index contributed by atoms with van der Waals surface area (Å²) in [6.45, 7) is 2.28. The molecule has 0 atom stereocenters. The maximum Gasteiger partial charge on any atom is 0.212 e. The molecule has 0 radical (unpaired) electrons. The Morgan fingerprint density at radius 1 is 1.25 bits per heavy atom. The number of β-amino-alcohol motifs (C(OH)–C–C–N with tert-alkyl or cyclic N) is 1. The van der Waals surface area contributed by atoms with Gasteiger partial charge in [0.1, 0.15) is 11.9 Å². The summed E-state index contributed by atoms with van der Waals surface area (Å²) in [5, 5.41) is 35.6. The van der Waals surface area contributed by atoms with Gasteiger partial charge in [-0.25, -0.2) is 4.98 Å². The highest BCUT2D eigenvalue weighted by Crippen LogP contribution is 2.41. The molecule has 2 saturated heterocycles. The number of amidine groups is 1. The lowest BCUT2D eigenvalue weighted by Gasteiger charge is -2.41. The van der Waals surface area contributed by atoms with Gasteiger partial charge in [-0.3, -0.25) is 10.8 Å². The molecule has 4 rings (SSSR count). The summed E-state index contributed by atoms with van der Waals surface area (Å²) in [7, 11) is 1.71. The average Bonchev–Trinajstić information content (AvgIpc) is 2.81. The van der Waals surface area contributed by atoms with Crippen molar-refractivity contribution < 1.29 is 9.50 Å². The molecular formula is C23H26FN7O. The Morgan fingerprint density at radius 3 is 2.53 bits per heavy atom. The van der Waals surface area contributed by atoms with Gasteiger partial charge >= 0.3 is 0 Å². The maximum absolute atomic E-state index is 13.4. The summed E-state index contributed by atoms with van der Waals surface area (Å²) in [4.78, 5) is 9.45. The molecule has 0 aliphatic carbocycles. The first-order chi connectivity index (χ1) is 15.4. The predicted octanol–water partition coefficient (Wildman–Crippen LogP) is 2.67. The van der Waals surface area contributed by atoms with Gasteiger partial charge in [-0.1, -0.05) is 6.07 Å². The highest BCUT2D eigenvalue weighted by molar-refractivity contribution is 5.91. The van der Waals surface area contributed by atoms with E-state index >= 15 is 0 Å². The Morgan fingerprint density at radius 2 is 1.97 bits per heavy atom. The van der Waals surface area contributed by atoms with Crippen LogP contribution in [0.1, 0.15) is 18.4 Å². The largest absolute Gasteiger partial charge is 0.389 e. The Kier molecular flexibility index (Phi) is 6.06. The smallest absolute Gasteiger partial charge is 0.212 e. The summed E-state index contributed by atoms with van der Waals surface area (Å²) >= 11 is 0. The normalized spacial score (nSPS) is 16.9. The highest BCUT2D eigenvalue weighted by atomic mass is 19.1. The van der Waals surface area contributed by atoms with Crippen molar-refractivity contribution in [2.24, 2.45) is 5.92 Å². The molecule has 32 heavy (non-hydrogen) atoms. The van der Waals surface area contributed by atoms with Crippen molar-refractivity contribution in [3.05, 3.63) is 42.0 Å². The third kappa shape index (κ3) is 4.01. The monoisotopic (exact) mass is 435 g/mol. The Balaban J connectivity index is 1.71. The molecule has 3 N–H and O–H groups in total. The second kappa shape index (κ2) is 8.93. The minimum absolute atomic E-state index is 0.0491. The summed E-state index contributed by atoms with van der Waals surface area (Å²) < 4.78 is 13.4. The summed E-state index contributed by atoms with van der Waals surface area (Å²) in [6, 6.07) is 9.16. The van der Waals surface area contributed by atoms with E-state index in [0.717, 1.165) is 41.7 Å². The highest BCUT2D eigenvalue weighted by Gasteiger charge is 2.32. The lowest BCUT2D eigenvalue weighted by Crippen LogP contribution is -2.51. The van der Waals surface area contributed by atoms with Gasteiger partial charge in [0.15, 0.2) is 0 Å². The number of nitriles is 1. The van der Waals surface area contributed by atoms with Crippen LogP contribution in [0.3, 0.4) is 0 Å². The first-order valence-corrected chi connectivity index (χ1v) is 10.6. The number of halogens is 1. The minimum Gasteiger partial charge on any atom is -0.389 e. The van der Waals surface area contributed by atoms with Crippen LogP contribution in [0.15, 0.2) is 30.5 Å². The number of nitrogens with zero attached hydrogens (tertiary/aromatic N) is 5. The van der Waals surface area contributed by atoms with E-state index in [-0.39, 0.29) is 5.92 Å². The molecule has 0 unspecified atom stereocenters. The van der Waals surface area contributed by atoms with Crippen LogP contribution in [0.5, 0.6) is 0 Å². The van der Waals surface area contributed by atoms with E-state index in [0.29, 0.717) is 37.6 Å². The number of benzene rings is 1. The van der Waals surface area contributed by atoms with E-state index in [1.807, 2.05) is 17.0 Å². The Hall–Kier alpha value is -3.51. The van der Waals surface area contributed by atoms with Crippen molar-refractivity contribution in [2.45, 2.75) is 18.9 Å². The van der Waals surface area contributed by atoms with E-state index in [9.17, 15) is 14.8 Å². The zero-order chi connectivity index (χ0) is 22.8. The molecule has 0 amide bonds. The van der Waals surface area contributed by atoms with Crippen molar-refractivity contribution in [1.29, 1.82) is 16.1 Å². The molecule has 0 saturated carbocycles. The molecule has 8 nitrogen and oxygen atoms in total. The standard InChI is InChI=1S/C23H26FN7O/c1-29(14-26)23(27)15-6-8-30(9-7-15)22-18(16-2-5-21(24)28-11-16)3-4-20(19(22)10-25)31-12-17(32)13-31/h2-5,11,14-15,17,26-27,32H,6-9,12-13H2,1H3. The van der Waals surface area contributed by atoms with Crippen LogP contribution in [0.2, 0.25) is 0 Å². The van der Waals surface area contributed by atoms with Crippen molar-refractivity contribution >= 4 is 23.5 Å². The van der Waals surface area contributed by atoms with E-state index in [4.69, 9.17) is 10.8 Å². The number of aliphatic hydroxyl groups excluding tert-OH is 1. The van der Waals surface area contributed by atoms with E-state index < -0.39 is 12.1 Å². The maximum atomic E-state index is 13.4. The van der Waals surface area contributed by atoms with E-state index in [1.165, 1.54) is 17.2 Å². The molecule has 2 aliphatic heterocycles. The SMILES string of the molecule is CN(C=N)C(=N)C1CCN(c2c(-c3ccc(F)nc3)ccc(N3CC(O)C3)c2C#N)CC1. The minimum atomic E-state index is -0.559. The molecule has 0 spiro atoms. The first-order valence-electron chi connectivity index (χ1n) is 10.6. The summed E-state index contributed by atoms with van der Waals surface area (Å²) in [5.41, 5.74) is 3.63. The fourth-order valence-corrected chi connectivity index (χ4v) is 4.44. The molecule has 2 aliphatic rings. The second-order valence-corrected chi connectivity index (χ2v) is 8.28. The zero-order valence-electron chi connectivity index (χ0n) is 17.9. The molecular weight excluding hydrogens is 409 g/mol. The van der Waals surface area contributed by atoms with Gasteiger partial charge in [0.25, 0.3) is 0 Å². The number of pyridine rings is 1. The third-order valence-corrected chi connectivity index (χ3v) is 6.28. The van der Waals surface area contributed by atoms with Gasteiger partial charge in [0.2, 0.25) is 5.95 Å². The van der Waals surface area contributed by atoms with Crippen LogP contribution in [0.4, 0.5) is 15.8 Å². The van der Waals surface area contributed by atoms with Crippen LogP contribution < -0.4 is 9.80 Å². The molecule has 9 heteroatoms. The number of aliphatic hydroxyl groups is 1. The number of anilines is 2. The van der Waals surface area contributed by atoms with Crippen LogP contribution in [-0.2, 0) is 0 Å². The van der Waals surface area contributed by atoms with Crippen molar-refractivity contribution in [3.8, 4) is 17.2 Å². The topological polar surface area (TPSA) is 114 Å². The third-order valence-electron chi connectivity index (χ3n) is 6.28. The van der Waals surface area contributed by atoms with Gasteiger partial charge in [-0.05, 0) is 31.0 Å². The van der Waals surface area contributed by atoms with E-state index in [2.05, 4.69) is 16.0 Å². The fraction of sp³-hybridized carbons (Fsp3) is 0.391. The van der Waals surface area contributed by atoms with Crippen LogP contribution in [0.25, 0.3) is 11.1 Å². The van der Waals surface area contributed by atoms with Crippen LogP contribution >= 0.6 is 0 Å². The Labute approximate surface area is 186 Å². The number of piperidine rings is 1. The van der Waals surface area contributed by atoms with Gasteiger partial charge < -0.3 is 19.8 Å². The number of hydrogen-bond donors (Lipinski definition) is 3. The quantitative estimate of drug-likeness (QED) is 0.378. The first kappa shape index (κ1) is 21.7. The van der Waals surface area contributed by atoms with Crippen LogP contribution in [0, 0.1) is 34.0 Å². The molecule has 1 aromatic carbocycles.